The van der Waals surface area contributed by atoms with Crippen LogP contribution in [0.2, 0.25) is 0 Å². The van der Waals surface area contributed by atoms with Crippen LogP contribution in [0.15, 0.2) is 0 Å². The Bertz CT molecular complexity index is 371. The molecule has 0 aliphatic rings. The van der Waals surface area contributed by atoms with Gasteiger partial charge >= 0.3 is 0 Å². The zero-order valence-electron chi connectivity index (χ0n) is 12.2. The van der Waals surface area contributed by atoms with Gasteiger partial charge in [-0.05, 0) is 13.3 Å². The third-order valence-electron chi connectivity index (χ3n) is 2.29. The lowest BCUT2D eigenvalue weighted by Crippen LogP contribution is -2.18. The highest BCUT2D eigenvalue weighted by molar-refractivity contribution is 5.42. The summed E-state index contributed by atoms with van der Waals surface area (Å²) >= 11 is 0. The van der Waals surface area contributed by atoms with Gasteiger partial charge in [-0.25, -0.2) is 0 Å². The van der Waals surface area contributed by atoms with E-state index < -0.39 is 0 Å². The Hall–Kier alpha value is -1.63. The van der Waals surface area contributed by atoms with Gasteiger partial charge in [0.1, 0.15) is 0 Å². The number of nitrogens with one attached hydrogen (secondary N) is 2. The van der Waals surface area contributed by atoms with Crippen molar-refractivity contribution in [1.82, 2.24) is 15.0 Å². The molecule has 0 aliphatic carbocycles. The minimum Gasteiger partial charge on any atom is -0.380 e. The first kappa shape index (κ1) is 15.4. The van der Waals surface area contributed by atoms with Crippen LogP contribution in [-0.2, 0) is 4.74 Å². The van der Waals surface area contributed by atoms with Gasteiger partial charge in [0, 0.05) is 33.8 Å². The molecule has 7 heteroatoms. The summed E-state index contributed by atoms with van der Waals surface area (Å²) in [7, 11) is 3.81. The molecule has 7 nitrogen and oxygen atoms in total. The van der Waals surface area contributed by atoms with Gasteiger partial charge in [0.2, 0.25) is 17.8 Å². The first-order valence-electron chi connectivity index (χ1n) is 6.66. The maximum absolute atomic E-state index is 5.27. The minimum absolute atomic E-state index is 0.567. The molecule has 1 rings (SSSR count). The maximum atomic E-state index is 5.27. The van der Waals surface area contributed by atoms with Gasteiger partial charge in [0.15, 0.2) is 0 Å². The number of ether oxygens (including phenoxy) is 1. The van der Waals surface area contributed by atoms with E-state index in [1.165, 1.54) is 0 Å². The zero-order chi connectivity index (χ0) is 14.1. The van der Waals surface area contributed by atoms with Crippen molar-refractivity contribution in [2.45, 2.75) is 20.3 Å². The van der Waals surface area contributed by atoms with E-state index in [9.17, 15) is 0 Å². The van der Waals surface area contributed by atoms with Gasteiger partial charge in [0.05, 0.1) is 6.61 Å². The number of anilines is 3. The first-order valence-corrected chi connectivity index (χ1v) is 6.66. The van der Waals surface area contributed by atoms with E-state index >= 15 is 0 Å². The number of rotatable bonds is 9. The highest BCUT2D eigenvalue weighted by Crippen LogP contribution is 2.11. The lowest BCUT2D eigenvalue weighted by molar-refractivity contribution is 0.158. The van der Waals surface area contributed by atoms with Crippen LogP contribution < -0.4 is 15.5 Å². The largest absolute Gasteiger partial charge is 0.380 e. The molecule has 0 aliphatic heterocycles. The first-order chi connectivity index (χ1) is 9.17. The topological polar surface area (TPSA) is 75.2 Å². The number of aromatic nitrogens is 3. The van der Waals surface area contributed by atoms with Gasteiger partial charge in [-0.15, -0.1) is 0 Å². The average molecular weight is 268 g/mol. The summed E-state index contributed by atoms with van der Waals surface area (Å²) in [6.45, 7) is 6.94. The van der Waals surface area contributed by atoms with E-state index in [1.807, 2.05) is 25.9 Å². The molecule has 0 radical (unpaired) electrons. The molecule has 0 spiro atoms. The van der Waals surface area contributed by atoms with Crippen molar-refractivity contribution >= 4 is 17.8 Å². The normalized spacial score (nSPS) is 10.3. The van der Waals surface area contributed by atoms with Crippen LogP contribution in [0.1, 0.15) is 20.3 Å². The summed E-state index contributed by atoms with van der Waals surface area (Å²) in [5, 5.41) is 6.31. The van der Waals surface area contributed by atoms with E-state index in [2.05, 4.69) is 32.5 Å². The molecule has 1 aromatic rings. The van der Waals surface area contributed by atoms with Crippen LogP contribution >= 0.6 is 0 Å². The van der Waals surface area contributed by atoms with Crippen LogP contribution in [0.4, 0.5) is 17.8 Å². The Morgan fingerprint density at radius 2 is 1.63 bits per heavy atom. The molecule has 0 bridgehead atoms. The van der Waals surface area contributed by atoms with Crippen molar-refractivity contribution in [3.8, 4) is 0 Å². The molecule has 19 heavy (non-hydrogen) atoms. The Morgan fingerprint density at radius 3 is 2.16 bits per heavy atom. The molecule has 0 fully saturated rings. The van der Waals surface area contributed by atoms with Crippen LogP contribution in [0.3, 0.4) is 0 Å². The summed E-state index contributed by atoms with van der Waals surface area (Å²) in [6.07, 6.45) is 1.02. The molecule has 0 atom stereocenters. The monoisotopic (exact) mass is 268 g/mol. The van der Waals surface area contributed by atoms with Gasteiger partial charge in [0.25, 0.3) is 0 Å². The molecule has 0 unspecified atom stereocenters. The van der Waals surface area contributed by atoms with E-state index in [0.717, 1.165) is 13.0 Å². The SMILES string of the molecule is CCCNc1nc(NCCOCC)nc(N(C)C)n1. The maximum Gasteiger partial charge on any atom is 0.231 e. The fraction of sp³-hybridized carbons (Fsp3) is 0.750. The summed E-state index contributed by atoms with van der Waals surface area (Å²) in [6, 6.07) is 0. The Balaban J connectivity index is 2.69. The molecule has 0 saturated carbocycles. The molecule has 1 aromatic heterocycles. The summed E-state index contributed by atoms with van der Waals surface area (Å²) in [4.78, 5) is 14.8. The summed E-state index contributed by atoms with van der Waals surface area (Å²) in [5.41, 5.74) is 0. The van der Waals surface area contributed by atoms with E-state index in [4.69, 9.17) is 4.74 Å². The highest BCUT2D eigenvalue weighted by Gasteiger charge is 2.07. The summed E-state index contributed by atoms with van der Waals surface area (Å²) < 4.78 is 5.27. The molecular formula is C12H24N6O. The number of hydrogen-bond donors (Lipinski definition) is 2. The predicted octanol–water partition coefficient (Wildman–Crippen LogP) is 1.21. The van der Waals surface area contributed by atoms with Crippen LogP contribution in [0, 0.1) is 0 Å². The summed E-state index contributed by atoms with van der Waals surface area (Å²) in [5.74, 6) is 1.80. The van der Waals surface area contributed by atoms with Crippen molar-refractivity contribution in [2.75, 3.05) is 55.9 Å². The quantitative estimate of drug-likeness (QED) is 0.652. The fourth-order valence-corrected chi connectivity index (χ4v) is 1.34. The van der Waals surface area contributed by atoms with Gasteiger partial charge in [-0.1, -0.05) is 6.92 Å². The van der Waals surface area contributed by atoms with Gasteiger partial charge in [-0.2, -0.15) is 15.0 Å². The van der Waals surface area contributed by atoms with E-state index in [-0.39, 0.29) is 0 Å². The van der Waals surface area contributed by atoms with E-state index in [0.29, 0.717) is 37.6 Å². The zero-order valence-corrected chi connectivity index (χ0v) is 12.2. The molecule has 1 heterocycles. The number of hydrogen-bond acceptors (Lipinski definition) is 7. The highest BCUT2D eigenvalue weighted by atomic mass is 16.5. The smallest absolute Gasteiger partial charge is 0.231 e. The average Bonchev–Trinajstić information content (AvgIpc) is 2.41. The van der Waals surface area contributed by atoms with Crippen molar-refractivity contribution in [1.29, 1.82) is 0 Å². The second kappa shape index (κ2) is 8.47. The number of nitrogens with zero attached hydrogens (tertiary/aromatic N) is 4. The molecular weight excluding hydrogens is 244 g/mol. The van der Waals surface area contributed by atoms with Gasteiger partial charge in [-0.3, -0.25) is 0 Å². The third kappa shape index (κ3) is 5.69. The molecule has 2 N–H and O–H groups in total. The second-order valence-electron chi connectivity index (χ2n) is 4.23. The van der Waals surface area contributed by atoms with Crippen molar-refractivity contribution in [3.05, 3.63) is 0 Å². The Kier molecular flexibility index (Phi) is 6.88. The third-order valence-corrected chi connectivity index (χ3v) is 2.29. The van der Waals surface area contributed by atoms with Crippen molar-refractivity contribution in [3.63, 3.8) is 0 Å². The predicted molar refractivity (Wildman–Crippen MR) is 77.9 cm³/mol. The van der Waals surface area contributed by atoms with Crippen LogP contribution in [0.5, 0.6) is 0 Å². The van der Waals surface area contributed by atoms with E-state index in [1.54, 1.807) is 0 Å². The molecule has 0 saturated heterocycles. The molecule has 0 aromatic carbocycles. The second-order valence-corrected chi connectivity index (χ2v) is 4.23. The van der Waals surface area contributed by atoms with Gasteiger partial charge < -0.3 is 20.3 Å². The minimum atomic E-state index is 0.567. The van der Waals surface area contributed by atoms with Crippen LogP contribution in [0.25, 0.3) is 0 Å². The molecule has 0 amide bonds. The Morgan fingerprint density at radius 1 is 1.00 bits per heavy atom. The van der Waals surface area contributed by atoms with Crippen LogP contribution in [-0.4, -0.2) is 55.4 Å². The standard InChI is InChI=1S/C12H24N6O/c1-5-7-13-10-15-11(14-8-9-19-6-2)17-12(16-10)18(3)4/h5-9H2,1-4H3,(H2,13,14,15,16,17). The van der Waals surface area contributed by atoms with Crippen molar-refractivity contribution < 1.29 is 4.74 Å². The Labute approximate surface area is 114 Å². The lowest BCUT2D eigenvalue weighted by atomic mass is 10.5. The van der Waals surface area contributed by atoms with Crippen molar-refractivity contribution in [2.24, 2.45) is 0 Å². The molecule has 108 valence electrons. The fourth-order valence-electron chi connectivity index (χ4n) is 1.34. The lowest BCUT2D eigenvalue weighted by Gasteiger charge is -2.14.